The second-order valence-corrected chi connectivity index (χ2v) is 9.97. The number of aromatic hydroxyl groups is 1. The lowest BCUT2D eigenvalue weighted by Crippen LogP contribution is -2.13. The molecule has 45 heavy (non-hydrogen) atoms. The Morgan fingerprint density at radius 1 is 0.933 bits per heavy atom. The minimum Gasteiger partial charge on any atom is -0.506 e. The van der Waals surface area contributed by atoms with E-state index in [9.17, 15) is 23.1 Å². The third-order valence-corrected chi connectivity index (χ3v) is 7.01. The zero-order valence-corrected chi connectivity index (χ0v) is 23.6. The molecule has 0 bridgehead atoms. The summed E-state index contributed by atoms with van der Waals surface area (Å²) >= 11 is 0. The number of benzene rings is 2. The molecule has 2 N–H and O–H groups in total. The number of nitrogens with zero attached hydrogens (tertiary/aromatic N) is 5. The van der Waals surface area contributed by atoms with Crippen molar-refractivity contribution in [2.45, 2.75) is 20.4 Å². The van der Waals surface area contributed by atoms with Crippen LogP contribution in [0.25, 0.3) is 33.3 Å². The molecule has 226 valence electrons. The van der Waals surface area contributed by atoms with Crippen molar-refractivity contribution in [3.05, 3.63) is 108 Å². The molecule has 1 amide bonds. The van der Waals surface area contributed by atoms with Crippen LogP contribution in [-0.2, 0) is 0 Å². The Labute approximate surface area is 252 Å². The van der Waals surface area contributed by atoms with Gasteiger partial charge in [-0.2, -0.15) is 13.9 Å². The van der Waals surface area contributed by atoms with Crippen molar-refractivity contribution in [3.8, 4) is 39.5 Å². The number of amides is 1. The van der Waals surface area contributed by atoms with Crippen LogP contribution >= 0.6 is 0 Å². The van der Waals surface area contributed by atoms with Gasteiger partial charge in [-0.3, -0.25) is 14.8 Å². The van der Waals surface area contributed by atoms with Crippen LogP contribution in [0.3, 0.4) is 0 Å². The summed E-state index contributed by atoms with van der Waals surface area (Å²) in [7, 11) is 0. The molecule has 0 aliphatic heterocycles. The fourth-order valence-electron chi connectivity index (χ4n) is 4.80. The summed E-state index contributed by atoms with van der Waals surface area (Å²) in [6.07, 6.45) is 5.15. The third kappa shape index (κ3) is 5.75. The lowest BCUT2D eigenvalue weighted by Gasteiger charge is -2.14. The van der Waals surface area contributed by atoms with Gasteiger partial charge in [0.25, 0.3) is 5.91 Å². The smallest absolute Gasteiger partial charge is 0.333 e. The topological polar surface area (TPSA) is 115 Å². The maximum absolute atomic E-state index is 15.2. The summed E-state index contributed by atoms with van der Waals surface area (Å²) in [5, 5.41) is 17.1. The Morgan fingerprint density at radius 2 is 1.71 bits per heavy atom. The first-order valence-electron chi connectivity index (χ1n) is 13.4. The summed E-state index contributed by atoms with van der Waals surface area (Å²) < 4.78 is 61.0. The number of ether oxygens (including phenoxy) is 1. The molecular weight excluding hydrogens is 592 g/mol. The molecule has 0 fully saturated rings. The second-order valence-electron chi connectivity index (χ2n) is 9.97. The lowest BCUT2D eigenvalue weighted by molar-refractivity contribution is 0.0566. The minimum atomic E-state index is -2.78. The largest absolute Gasteiger partial charge is 0.506 e. The third-order valence-electron chi connectivity index (χ3n) is 7.01. The Morgan fingerprint density at radius 3 is 2.42 bits per heavy atom. The van der Waals surface area contributed by atoms with Crippen molar-refractivity contribution in [1.82, 2.24) is 24.7 Å². The number of fused-ring (bicyclic) bond motifs is 1. The predicted octanol–water partition coefficient (Wildman–Crippen LogP) is 7.60. The Hall–Kier alpha value is -5.85. The average molecular weight is 615 g/mol. The first-order valence-corrected chi connectivity index (χ1v) is 13.4. The summed E-state index contributed by atoms with van der Waals surface area (Å²) in [5.41, 5.74) is 3.24. The first kappa shape index (κ1) is 29.2. The molecule has 0 unspecified atom stereocenters. The molecule has 0 saturated carbocycles. The molecule has 13 heteroatoms. The van der Waals surface area contributed by atoms with E-state index in [1.807, 2.05) is 0 Å². The van der Waals surface area contributed by atoms with Crippen LogP contribution in [0.4, 0.5) is 23.2 Å². The SMILES string of the molecule is Cc1nc2c(Oc3ccc(NC(=O)c4cnc(C)c(-c5ccc(F)cc5)c4O)cc3F)ccnc2cc1-c1cnn(C(F)F)c1. The number of nitrogens with one attached hydrogen (secondary N) is 1. The van der Waals surface area contributed by atoms with Crippen molar-refractivity contribution in [2.75, 3.05) is 5.32 Å². The van der Waals surface area contributed by atoms with Gasteiger partial charge in [0, 0.05) is 64.5 Å². The van der Waals surface area contributed by atoms with Crippen molar-refractivity contribution >= 4 is 22.6 Å². The van der Waals surface area contributed by atoms with Gasteiger partial charge < -0.3 is 15.2 Å². The monoisotopic (exact) mass is 614 g/mol. The Kier molecular flexibility index (Phi) is 7.59. The molecular formula is C32H22F4N6O3. The van der Waals surface area contributed by atoms with Crippen molar-refractivity contribution in [3.63, 3.8) is 0 Å². The number of pyridine rings is 3. The second kappa shape index (κ2) is 11.7. The van der Waals surface area contributed by atoms with Crippen LogP contribution < -0.4 is 10.1 Å². The van der Waals surface area contributed by atoms with E-state index in [2.05, 4.69) is 25.4 Å². The van der Waals surface area contributed by atoms with Gasteiger partial charge in [0.05, 0.1) is 11.7 Å². The highest BCUT2D eigenvalue weighted by molar-refractivity contribution is 6.07. The molecule has 2 aromatic carbocycles. The van der Waals surface area contributed by atoms with Crippen LogP contribution in [0.5, 0.6) is 17.2 Å². The van der Waals surface area contributed by atoms with E-state index in [0.29, 0.717) is 43.8 Å². The number of halogens is 4. The summed E-state index contributed by atoms with van der Waals surface area (Å²) in [6, 6.07) is 12.3. The van der Waals surface area contributed by atoms with Gasteiger partial charge in [-0.05, 0) is 49.7 Å². The van der Waals surface area contributed by atoms with E-state index in [1.54, 1.807) is 19.9 Å². The molecule has 4 aromatic heterocycles. The van der Waals surface area contributed by atoms with E-state index in [-0.39, 0.29) is 34.1 Å². The van der Waals surface area contributed by atoms with Crippen LogP contribution in [0.15, 0.2) is 79.4 Å². The molecule has 0 aliphatic rings. The molecule has 9 nitrogen and oxygen atoms in total. The number of alkyl halides is 2. The molecule has 6 aromatic rings. The zero-order valence-electron chi connectivity index (χ0n) is 23.6. The highest BCUT2D eigenvalue weighted by Crippen LogP contribution is 2.36. The van der Waals surface area contributed by atoms with Gasteiger partial charge in [0.1, 0.15) is 22.6 Å². The van der Waals surface area contributed by atoms with Crippen molar-refractivity contribution in [1.29, 1.82) is 0 Å². The molecule has 0 aliphatic carbocycles. The fraction of sp³-hybridized carbons (Fsp3) is 0.0938. The zero-order chi connectivity index (χ0) is 31.8. The summed E-state index contributed by atoms with van der Waals surface area (Å²) in [6.45, 7) is 0.543. The van der Waals surface area contributed by atoms with Crippen molar-refractivity contribution < 1.29 is 32.2 Å². The highest BCUT2D eigenvalue weighted by atomic mass is 19.3. The van der Waals surface area contributed by atoms with Crippen LogP contribution in [0, 0.1) is 25.5 Å². The maximum Gasteiger partial charge on any atom is 0.333 e. The number of hydrogen-bond acceptors (Lipinski definition) is 7. The first-order chi connectivity index (χ1) is 21.6. The van der Waals surface area contributed by atoms with Gasteiger partial charge in [-0.15, -0.1) is 0 Å². The number of anilines is 1. The van der Waals surface area contributed by atoms with Gasteiger partial charge in [0.2, 0.25) is 0 Å². The van der Waals surface area contributed by atoms with Gasteiger partial charge in [-0.25, -0.2) is 18.4 Å². The summed E-state index contributed by atoms with van der Waals surface area (Å²) in [4.78, 5) is 26.0. The molecule has 6 rings (SSSR count). The van der Waals surface area contributed by atoms with Gasteiger partial charge in [0.15, 0.2) is 17.3 Å². The minimum absolute atomic E-state index is 0.0794. The standard InChI is InChI=1S/C32H22F4N6O3/c1-16-22(19-13-39-42(15-19)32(35)36)12-25-29(40-16)27(9-10-37-25)45-26-8-7-21(11-24(26)34)41-31(44)23-14-38-17(2)28(30(23)43)18-3-5-20(33)6-4-18/h3-15,32H,1-2H3,(H,38,43)(H,41,44). The molecule has 0 radical (unpaired) electrons. The fourth-order valence-corrected chi connectivity index (χ4v) is 4.80. The lowest BCUT2D eigenvalue weighted by atomic mass is 10.0. The van der Waals surface area contributed by atoms with Crippen LogP contribution in [0.1, 0.15) is 28.3 Å². The Balaban J connectivity index is 1.23. The number of hydrogen-bond donors (Lipinski definition) is 2. The van der Waals surface area contributed by atoms with E-state index in [1.165, 1.54) is 67.3 Å². The van der Waals surface area contributed by atoms with Crippen LogP contribution in [0.2, 0.25) is 0 Å². The highest BCUT2D eigenvalue weighted by Gasteiger charge is 2.20. The number of aryl methyl sites for hydroxylation is 2. The number of carbonyl (C=O) groups is 1. The normalized spacial score (nSPS) is 11.3. The number of rotatable bonds is 7. The van der Waals surface area contributed by atoms with E-state index >= 15 is 4.39 Å². The van der Waals surface area contributed by atoms with E-state index in [0.717, 1.165) is 6.07 Å². The molecule has 4 heterocycles. The average Bonchev–Trinajstić information content (AvgIpc) is 3.50. The van der Waals surface area contributed by atoms with Crippen LogP contribution in [-0.4, -0.2) is 35.7 Å². The molecule has 0 atom stereocenters. The summed E-state index contributed by atoms with van der Waals surface area (Å²) in [5.74, 6) is -2.33. The van der Waals surface area contributed by atoms with E-state index < -0.39 is 24.1 Å². The van der Waals surface area contributed by atoms with Gasteiger partial charge >= 0.3 is 6.55 Å². The van der Waals surface area contributed by atoms with Gasteiger partial charge in [-0.1, -0.05) is 12.1 Å². The number of aromatic nitrogens is 5. The quantitative estimate of drug-likeness (QED) is 0.178. The van der Waals surface area contributed by atoms with Crippen molar-refractivity contribution in [2.24, 2.45) is 0 Å². The Bertz CT molecular complexity index is 2080. The predicted molar refractivity (Wildman–Crippen MR) is 157 cm³/mol. The molecule has 0 spiro atoms. The number of carbonyl (C=O) groups excluding carboxylic acids is 1. The van der Waals surface area contributed by atoms with E-state index in [4.69, 9.17) is 4.74 Å². The molecule has 0 saturated heterocycles. The maximum atomic E-state index is 15.2.